The van der Waals surface area contributed by atoms with Crippen molar-refractivity contribution in [3.8, 4) is 6.07 Å². The van der Waals surface area contributed by atoms with Gasteiger partial charge in [0.25, 0.3) is 0 Å². The molecule has 0 heterocycles. The molecule has 0 radical (unpaired) electrons. The maximum atomic E-state index is 10.9. The number of anilines is 1. The Morgan fingerprint density at radius 2 is 2.28 bits per heavy atom. The highest BCUT2D eigenvalue weighted by molar-refractivity contribution is 5.86. The Kier molecular flexibility index (Phi) is 4.94. The van der Waals surface area contributed by atoms with Gasteiger partial charge in [-0.05, 0) is 24.6 Å². The SMILES string of the molecule is CCC(=CCN(C)c1cccc(C#N)c1)C(=O)O. The lowest BCUT2D eigenvalue weighted by Gasteiger charge is -2.17. The number of hydrogen-bond acceptors (Lipinski definition) is 3. The summed E-state index contributed by atoms with van der Waals surface area (Å²) in [5.74, 6) is -0.878. The van der Waals surface area contributed by atoms with E-state index in [1.165, 1.54) is 0 Å². The first-order valence-corrected chi connectivity index (χ1v) is 5.72. The highest BCUT2D eigenvalue weighted by atomic mass is 16.4. The zero-order valence-electron chi connectivity index (χ0n) is 10.6. The Hall–Kier alpha value is -2.28. The standard InChI is InChI=1S/C14H16N2O2/c1-3-12(14(17)18)7-8-16(2)13-6-4-5-11(9-13)10-15/h4-7,9H,3,8H2,1-2H3,(H,17,18). The van der Waals surface area contributed by atoms with Crippen molar-refractivity contribution < 1.29 is 9.90 Å². The summed E-state index contributed by atoms with van der Waals surface area (Å²) >= 11 is 0. The van der Waals surface area contributed by atoms with Gasteiger partial charge in [-0.2, -0.15) is 5.26 Å². The number of nitrogens with zero attached hydrogens (tertiary/aromatic N) is 2. The lowest BCUT2D eigenvalue weighted by atomic mass is 10.2. The van der Waals surface area contributed by atoms with Crippen LogP contribution in [0.2, 0.25) is 0 Å². The highest BCUT2D eigenvalue weighted by Gasteiger charge is 2.05. The normalized spacial score (nSPS) is 10.8. The van der Waals surface area contributed by atoms with Gasteiger partial charge in [0.15, 0.2) is 0 Å². The number of carbonyl (C=O) groups is 1. The van der Waals surface area contributed by atoms with Crippen LogP contribution in [0, 0.1) is 11.3 Å². The lowest BCUT2D eigenvalue weighted by molar-refractivity contribution is -0.132. The van der Waals surface area contributed by atoms with Crippen molar-refractivity contribution in [3.05, 3.63) is 41.5 Å². The van der Waals surface area contributed by atoms with Crippen LogP contribution in [0.4, 0.5) is 5.69 Å². The number of benzene rings is 1. The molecule has 4 nitrogen and oxygen atoms in total. The predicted octanol–water partition coefficient (Wildman–Crippen LogP) is 2.42. The molecule has 0 unspecified atom stereocenters. The van der Waals surface area contributed by atoms with E-state index in [1.807, 2.05) is 31.0 Å². The number of likely N-dealkylation sites (N-methyl/N-ethyl adjacent to an activating group) is 1. The Morgan fingerprint density at radius 3 is 2.83 bits per heavy atom. The second-order valence-electron chi connectivity index (χ2n) is 3.93. The molecule has 1 aromatic carbocycles. The first-order valence-electron chi connectivity index (χ1n) is 5.72. The van der Waals surface area contributed by atoms with Crippen LogP contribution in [0.3, 0.4) is 0 Å². The van der Waals surface area contributed by atoms with Crippen LogP contribution in [0.5, 0.6) is 0 Å². The van der Waals surface area contributed by atoms with E-state index >= 15 is 0 Å². The molecular formula is C14H16N2O2. The first-order chi connectivity index (χ1) is 8.58. The largest absolute Gasteiger partial charge is 0.478 e. The number of carboxylic acids is 1. The molecule has 0 spiro atoms. The first kappa shape index (κ1) is 13.8. The highest BCUT2D eigenvalue weighted by Crippen LogP contribution is 2.14. The fourth-order valence-corrected chi connectivity index (χ4v) is 1.55. The van der Waals surface area contributed by atoms with E-state index in [2.05, 4.69) is 6.07 Å². The van der Waals surface area contributed by atoms with Crippen molar-refractivity contribution in [1.29, 1.82) is 5.26 Å². The second-order valence-corrected chi connectivity index (χ2v) is 3.93. The molecule has 1 rings (SSSR count). The van der Waals surface area contributed by atoms with Crippen molar-refractivity contribution in [2.24, 2.45) is 0 Å². The van der Waals surface area contributed by atoms with E-state index in [9.17, 15) is 4.79 Å². The fraction of sp³-hybridized carbons (Fsp3) is 0.286. The summed E-state index contributed by atoms with van der Waals surface area (Å²) in [4.78, 5) is 12.8. The summed E-state index contributed by atoms with van der Waals surface area (Å²) in [5, 5.41) is 17.7. The van der Waals surface area contributed by atoms with Crippen LogP contribution in [-0.2, 0) is 4.79 Å². The minimum atomic E-state index is -0.878. The van der Waals surface area contributed by atoms with Gasteiger partial charge in [-0.1, -0.05) is 19.1 Å². The van der Waals surface area contributed by atoms with E-state index < -0.39 is 5.97 Å². The maximum Gasteiger partial charge on any atom is 0.331 e. The molecule has 0 fully saturated rings. The summed E-state index contributed by atoms with van der Waals surface area (Å²) in [6.45, 7) is 2.32. The van der Waals surface area contributed by atoms with Crippen molar-refractivity contribution in [1.82, 2.24) is 0 Å². The summed E-state index contributed by atoms with van der Waals surface area (Å²) in [6, 6.07) is 9.30. The molecule has 0 saturated heterocycles. The van der Waals surface area contributed by atoms with Crippen LogP contribution in [0.15, 0.2) is 35.9 Å². The second kappa shape index (κ2) is 6.45. The molecule has 1 aromatic rings. The van der Waals surface area contributed by atoms with Gasteiger partial charge in [0.1, 0.15) is 0 Å². The maximum absolute atomic E-state index is 10.9. The predicted molar refractivity (Wildman–Crippen MR) is 70.4 cm³/mol. The summed E-state index contributed by atoms with van der Waals surface area (Å²) < 4.78 is 0. The van der Waals surface area contributed by atoms with E-state index in [1.54, 1.807) is 18.2 Å². The van der Waals surface area contributed by atoms with E-state index in [0.29, 0.717) is 24.1 Å². The number of nitriles is 1. The lowest BCUT2D eigenvalue weighted by Crippen LogP contribution is -2.18. The number of hydrogen-bond donors (Lipinski definition) is 1. The van der Waals surface area contributed by atoms with Crippen LogP contribution in [0.25, 0.3) is 0 Å². The number of aliphatic carboxylic acids is 1. The minimum absolute atomic E-state index is 0.401. The van der Waals surface area contributed by atoms with E-state index in [0.717, 1.165) is 5.69 Å². The fourth-order valence-electron chi connectivity index (χ4n) is 1.55. The van der Waals surface area contributed by atoms with Crippen LogP contribution < -0.4 is 4.90 Å². The molecule has 0 saturated carbocycles. The molecule has 0 aliphatic carbocycles. The Morgan fingerprint density at radius 1 is 1.56 bits per heavy atom. The molecule has 0 bridgehead atoms. The summed E-state index contributed by atoms with van der Waals surface area (Å²) in [7, 11) is 1.86. The molecule has 0 aliphatic heterocycles. The third-order valence-electron chi connectivity index (χ3n) is 2.68. The van der Waals surface area contributed by atoms with E-state index in [4.69, 9.17) is 10.4 Å². The quantitative estimate of drug-likeness (QED) is 0.808. The van der Waals surface area contributed by atoms with E-state index in [-0.39, 0.29) is 0 Å². The molecule has 4 heteroatoms. The van der Waals surface area contributed by atoms with Crippen molar-refractivity contribution in [2.45, 2.75) is 13.3 Å². The van der Waals surface area contributed by atoms with Gasteiger partial charge in [-0.25, -0.2) is 4.79 Å². The van der Waals surface area contributed by atoms with Gasteiger partial charge in [0.2, 0.25) is 0 Å². The van der Waals surface area contributed by atoms with Crippen LogP contribution in [0.1, 0.15) is 18.9 Å². The van der Waals surface area contributed by atoms with Crippen molar-refractivity contribution in [2.75, 3.05) is 18.5 Å². The third kappa shape index (κ3) is 3.63. The Labute approximate surface area is 107 Å². The van der Waals surface area contributed by atoms with Crippen LogP contribution >= 0.6 is 0 Å². The van der Waals surface area contributed by atoms with Gasteiger partial charge in [0, 0.05) is 24.9 Å². The number of carboxylic acid groups (broad SMARTS) is 1. The molecule has 0 aromatic heterocycles. The van der Waals surface area contributed by atoms with Gasteiger partial charge in [0.05, 0.1) is 11.6 Å². The summed E-state index contributed by atoms with van der Waals surface area (Å²) in [5.41, 5.74) is 1.89. The van der Waals surface area contributed by atoms with Crippen molar-refractivity contribution in [3.63, 3.8) is 0 Å². The molecule has 1 N–H and O–H groups in total. The average Bonchev–Trinajstić information content (AvgIpc) is 2.38. The Bertz CT molecular complexity index is 501. The zero-order chi connectivity index (χ0) is 13.5. The minimum Gasteiger partial charge on any atom is -0.478 e. The molecule has 18 heavy (non-hydrogen) atoms. The van der Waals surface area contributed by atoms with Crippen molar-refractivity contribution >= 4 is 11.7 Å². The molecule has 0 amide bonds. The smallest absolute Gasteiger partial charge is 0.331 e. The van der Waals surface area contributed by atoms with Crippen LogP contribution in [-0.4, -0.2) is 24.7 Å². The third-order valence-corrected chi connectivity index (χ3v) is 2.68. The molecular weight excluding hydrogens is 228 g/mol. The number of rotatable bonds is 5. The Balaban J connectivity index is 2.79. The van der Waals surface area contributed by atoms with Gasteiger partial charge < -0.3 is 10.0 Å². The average molecular weight is 244 g/mol. The topological polar surface area (TPSA) is 64.3 Å². The molecule has 0 aliphatic rings. The van der Waals surface area contributed by atoms with Gasteiger partial charge >= 0.3 is 5.97 Å². The summed E-state index contributed by atoms with van der Waals surface area (Å²) in [6.07, 6.45) is 2.20. The molecule has 0 atom stereocenters. The van der Waals surface area contributed by atoms with Gasteiger partial charge in [-0.3, -0.25) is 0 Å². The van der Waals surface area contributed by atoms with Gasteiger partial charge in [-0.15, -0.1) is 0 Å². The molecule has 94 valence electrons. The zero-order valence-corrected chi connectivity index (χ0v) is 10.6. The monoisotopic (exact) mass is 244 g/mol.